The number of rotatable bonds is 7. The second kappa shape index (κ2) is 10.1. The summed E-state index contributed by atoms with van der Waals surface area (Å²) in [6, 6.07) is 14.5. The first kappa shape index (κ1) is 22.8. The molecule has 2 aromatic carbocycles. The lowest BCUT2D eigenvalue weighted by Crippen LogP contribution is -2.37. The molecule has 1 fully saturated rings. The number of amides is 1. The summed E-state index contributed by atoms with van der Waals surface area (Å²) in [4.78, 5) is 19.4. The Bertz CT molecular complexity index is 1310. The fraction of sp³-hybridized carbons (Fsp3) is 0.333. The summed E-state index contributed by atoms with van der Waals surface area (Å²) >= 11 is 2.86. The first-order chi connectivity index (χ1) is 16.6. The van der Waals surface area contributed by atoms with Gasteiger partial charge in [0, 0.05) is 13.1 Å². The number of nitrogens with zero attached hydrogens (tertiary/aromatic N) is 5. The molecule has 1 N–H and O–H groups in total. The molecule has 8 nitrogen and oxygen atoms in total. The molecule has 2 aromatic heterocycles. The van der Waals surface area contributed by atoms with Crippen molar-refractivity contribution in [1.82, 2.24) is 19.7 Å². The van der Waals surface area contributed by atoms with Crippen molar-refractivity contribution in [3.63, 3.8) is 0 Å². The molecule has 3 heterocycles. The third kappa shape index (κ3) is 4.94. The lowest BCUT2D eigenvalue weighted by Gasteiger charge is -2.28. The van der Waals surface area contributed by atoms with E-state index < -0.39 is 0 Å². The topological polar surface area (TPSA) is 85.2 Å². The molecule has 0 unspecified atom stereocenters. The molecule has 0 saturated carbocycles. The molecule has 5 rings (SSSR count). The van der Waals surface area contributed by atoms with Gasteiger partial charge in [-0.3, -0.25) is 9.36 Å². The Balaban J connectivity index is 1.35. The van der Waals surface area contributed by atoms with Crippen molar-refractivity contribution in [2.75, 3.05) is 42.3 Å². The molecule has 10 heteroatoms. The van der Waals surface area contributed by atoms with Gasteiger partial charge >= 0.3 is 0 Å². The minimum Gasteiger partial charge on any atom is -0.378 e. The maximum absolute atomic E-state index is 12.7. The average Bonchev–Trinajstić information content (AvgIpc) is 3.46. The van der Waals surface area contributed by atoms with Crippen LogP contribution in [-0.4, -0.2) is 57.7 Å². The van der Waals surface area contributed by atoms with Gasteiger partial charge in [0.25, 0.3) is 0 Å². The van der Waals surface area contributed by atoms with E-state index in [1.165, 1.54) is 34.2 Å². The van der Waals surface area contributed by atoms with E-state index in [4.69, 9.17) is 4.74 Å². The fourth-order valence-electron chi connectivity index (χ4n) is 3.84. The molecule has 1 amide bonds. The summed E-state index contributed by atoms with van der Waals surface area (Å²) < 4.78 is 8.62. The van der Waals surface area contributed by atoms with E-state index in [0.29, 0.717) is 23.5 Å². The fourth-order valence-corrected chi connectivity index (χ4v) is 5.56. The Labute approximate surface area is 206 Å². The Morgan fingerprint density at radius 3 is 2.85 bits per heavy atom. The van der Waals surface area contributed by atoms with Crippen molar-refractivity contribution in [3.8, 4) is 5.69 Å². The molecule has 0 bridgehead atoms. The molecule has 176 valence electrons. The maximum Gasteiger partial charge on any atom is 0.236 e. The lowest BCUT2D eigenvalue weighted by atomic mass is 10.1. The second-order valence-electron chi connectivity index (χ2n) is 8.07. The van der Waals surface area contributed by atoms with E-state index in [9.17, 15) is 4.79 Å². The SMILES string of the molecule is CCc1cccc(-n2c(SCC(=O)Nc3nc4ccc(C)cc4s3)nnc2N2CCOCC2)c1. The largest absolute Gasteiger partial charge is 0.378 e. The van der Waals surface area contributed by atoms with Gasteiger partial charge in [-0.2, -0.15) is 0 Å². The first-order valence-corrected chi connectivity index (χ1v) is 13.1. The maximum atomic E-state index is 12.7. The van der Waals surface area contributed by atoms with E-state index in [1.807, 2.05) is 29.7 Å². The second-order valence-corrected chi connectivity index (χ2v) is 10.0. The zero-order valence-corrected chi connectivity index (χ0v) is 20.8. The van der Waals surface area contributed by atoms with E-state index >= 15 is 0 Å². The number of carbonyl (C=O) groups is 1. The third-order valence-corrected chi connectivity index (χ3v) is 7.47. The normalized spacial score (nSPS) is 14.0. The van der Waals surface area contributed by atoms with Crippen molar-refractivity contribution < 1.29 is 9.53 Å². The number of carbonyl (C=O) groups excluding carboxylic acids is 1. The van der Waals surface area contributed by atoms with Crippen LogP contribution >= 0.6 is 23.1 Å². The Kier molecular flexibility index (Phi) is 6.80. The summed E-state index contributed by atoms with van der Waals surface area (Å²) in [7, 11) is 0. The van der Waals surface area contributed by atoms with E-state index in [0.717, 1.165) is 41.4 Å². The van der Waals surface area contributed by atoms with Crippen molar-refractivity contribution in [3.05, 3.63) is 53.6 Å². The van der Waals surface area contributed by atoms with Crippen LogP contribution in [0.1, 0.15) is 18.1 Å². The minimum absolute atomic E-state index is 0.120. The molecule has 1 saturated heterocycles. The number of aryl methyl sites for hydroxylation is 2. The number of thiazole rings is 1. The van der Waals surface area contributed by atoms with Crippen LogP contribution in [0.3, 0.4) is 0 Å². The summed E-state index contributed by atoms with van der Waals surface area (Å²) in [6.07, 6.45) is 0.940. The van der Waals surface area contributed by atoms with Crippen molar-refractivity contribution in [2.45, 2.75) is 25.4 Å². The molecule has 0 radical (unpaired) electrons. The number of nitrogens with one attached hydrogen (secondary N) is 1. The molecule has 4 aromatic rings. The van der Waals surface area contributed by atoms with Crippen molar-refractivity contribution >= 4 is 50.3 Å². The van der Waals surface area contributed by atoms with Crippen LogP contribution in [0.25, 0.3) is 15.9 Å². The number of hydrogen-bond acceptors (Lipinski definition) is 8. The number of thioether (sulfide) groups is 1. The van der Waals surface area contributed by atoms with Crippen LogP contribution in [0.15, 0.2) is 47.6 Å². The Morgan fingerprint density at radius 2 is 2.03 bits per heavy atom. The van der Waals surface area contributed by atoms with Crippen LogP contribution in [-0.2, 0) is 16.0 Å². The van der Waals surface area contributed by atoms with Gasteiger partial charge in [0.15, 0.2) is 10.3 Å². The van der Waals surface area contributed by atoms with E-state index in [2.05, 4.69) is 56.6 Å². The Hall–Kier alpha value is -2.95. The number of aromatic nitrogens is 4. The molecular weight excluding hydrogens is 468 g/mol. The monoisotopic (exact) mass is 494 g/mol. The predicted octanol–water partition coefficient (Wildman–Crippen LogP) is 4.32. The number of morpholine rings is 1. The van der Waals surface area contributed by atoms with Gasteiger partial charge in [-0.25, -0.2) is 4.98 Å². The number of ether oxygens (including phenoxy) is 1. The summed E-state index contributed by atoms with van der Waals surface area (Å²) in [5, 5.41) is 13.2. The molecule has 0 aliphatic carbocycles. The smallest absolute Gasteiger partial charge is 0.236 e. The first-order valence-electron chi connectivity index (χ1n) is 11.3. The van der Waals surface area contributed by atoms with Gasteiger partial charge in [0.05, 0.1) is 34.9 Å². The highest BCUT2D eigenvalue weighted by atomic mass is 32.2. The van der Waals surface area contributed by atoms with E-state index in [1.54, 1.807) is 0 Å². The van der Waals surface area contributed by atoms with Crippen LogP contribution in [0.2, 0.25) is 0 Å². The zero-order valence-electron chi connectivity index (χ0n) is 19.2. The summed E-state index contributed by atoms with van der Waals surface area (Å²) in [5.41, 5.74) is 4.30. The van der Waals surface area contributed by atoms with Crippen molar-refractivity contribution in [2.24, 2.45) is 0 Å². The van der Waals surface area contributed by atoms with Gasteiger partial charge in [0.2, 0.25) is 11.9 Å². The predicted molar refractivity (Wildman–Crippen MR) is 137 cm³/mol. The minimum atomic E-state index is -0.120. The number of fused-ring (bicyclic) bond motifs is 1. The highest BCUT2D eigenvalue weighted by molar-refractivity contribution is 7.99. The van der Waals surface area contributed by atoms with Crippen LogP contribution in [0.5, 0.6) is 0 Å². The van der Waals surface area contributed by atoms with Gasteiger partial charge in [0.1, 0.15) is 0 Å². The quantitative estimate of drug-likeness (QED) is 0.383. The molecule has 34 heavy (non-hydrogen) atoms. The third-order valence-electron chi connectivity index (χ3n) is 5.61. The van der Waals surface area contributed by atoms with Crippen LogP contribution < -0.4 is 10.2 Å². The van der Waals surface area contributed by atoms with Gasteiger partial charge in [-0.05, 0) is 48.7 Å². The average molecular weight is 495 g/mol. The number of hydrogen-bond donors (Lipinski definition) is 1. The molecule has 0 atom stereocenters. The molecular formula is C24H26N6O2S2. The highest BCUT2D eigenvalue weighted by Crippen LogP contribution is 2.29. The van der Waals surface area contributed by atoms with Gasteiger partial charge in [-0.1, -0.05) is 48.2 Å². The van der Waals surface area contributed by atoms with Crippen LogP contribution in [0.4, 0.5) is 11.1 Å². The summed E-state index contributed by atoms with van der Waals surface area (Å²) in [5.74, 6) is 0.871. The Morgan fingerprint density at radius 1 is 1.18 bits per heavy atom. The van der Waals surface area contributed by atoms with Crippen LogP contribution in [0, 0.1) is 6.92 Å². The summed E-state index contributed by atoms with van der Waals surface area (Å²) in [6.45, 7) is 7.02. The number of anilines is 2. The van der Waals surface area contributed by atoms with Crippen molar-refractivity contribution in [1.29, 1.82) is 0 Å². The zero-order chi connectivity index (χ0) is 23.5. The highest BCUT2D eigenvalue weighted by Gasteiger charge is 2.22. The number of benzene rings is 2. The van der Waals surface area contributed by atoms with Gasteiger partial charge < -0.3 is 15.0 Å². The molecule has 1 aliphatic rings. The van der Waals surface area contributed by atoms with E-state index in [-0.39, 0.29) is 11.7 Å². The van der Waals surface area contributed by atoms with Gasteiger partial charge in [-0.15, -0.1) is 10.2 Å². The molecule has 1 aliphatic heterocycles. The standard InChI is InChI=1S/C24H26N6O2S2/c1-3-17-5-4-6-18(14-17)30-23(29-9-11-32-12-10-29)27-28-24(30)33-15-21(31)26-22-25-19-8-7-16(2)13-20(19)34-22/h4-8,13-14H,3,9-12,15H2,1-2H3,(H,25,26,31). The lowest BCUT2D eigenvalue weighted by molar-refractivity contribution is -0.113. The molecule has 0 spiro atoms.